The van der Waals surface area contributed by atoms with Crippen molar-refractivity contribution in [2.45, 2.75) is 31.8 Å². The summed E-state index contributed by atoms with van der Waals surface area (Å²) in [4.78, 5) is 13.5. The van der Waals surface area contributed by atoms with E-state index in [2.05, 4.69) is 5.32 Å². The van der Waals surface area contributed by atoms with Crippen molar-refractivity contribution >= 4 is 15.7 Å². The Morgan fingerprint density at radius 1 is 1.56 bits per heavy atom. The highest BCUT2D eigenvalue weighted by Gasteiger charge is 2.39. The van der Waals surface area contributed by atoms with Gasteiger partial charge in [0.25, 0.3) is 0 Å². The van der Waals surface area contributed by atoms with Crippen LogP contribution in [0.1, 0.15) is 20.3 Å². The van der Waals surface area contributed by atoms with Gasteiger partial charge in [-0.05, 0) is 27.3 Å². The summed E-state index contributed by atoms with van der Waals surface area (Å²) in [6.07, 6.45) is 0.459. The molecule has 2 N–H and O–H groups in total. The molecule has 1 saturated heterocycles. The molecular formula is C11H22N2O4S. The van der Waals surface area contributed by atoms with Gasteiger partial charge in [0, 0.05) is 6.04 Å². The molecule has 0 aliphatic carbocycles. The molecule has 0 aromatic heterocycles. The third-order valence-corrected chi connectivity index (χ3v) is 5.26. The van der Waals surface area contributed by atoms with Gasteiger partial charge in [-0.2, -0.15) is 0 Å². The molecule has 0 spiro atoms. The molecule has 0 saturated carbocycles. The Kier molecular flexibility index (Phi) is 4.74. The lowest BCUT2D eigenvalue weighted by atomic mass is 10.0. The van der Waals surface area contributed by atoms with Crippen LogP contribution < -0.4 is 5.32 Å². The van der Waals surface area contributed by atoms with Crippen LogP contribution in [-0.4, -0.2) is 67.6 Å². The lowest BCUT2D eigenvalue weighted by Gasteiger charge is -2.27. The number of amides is 1. The first-order valence-corrected chi connectivity index (χ1v) is 7.82. The van der Waals surface area contributed by atoms with E-state index in [4.69, 9.17) is 5.11 Å². The Hall–Kier alpha value is -0.660. The summed E-state index contributed by atoms with van der Waals surface area (Å²) >= 11 is 0. The number of carbonyl (C=O) groups excluding carboxylic acids is 1. The maximum atomic E-state index is 11.8. The number of aliphatic hydroxyl groups excluding tert-OH is 1. The van der Waals surface area contributed by atoms with Crippen LogP contribution in [0.4, 0.5) is 0 Å². The van der Waals surface area contributed by atoms with Crippen molar-refractivity contribution in [2.75, 3.05) is 31.7 Å². The number of nitrogens with zero attached hydrogens (tertiary/aromatic N) is 1. The molecule has 0 bridgehead atoms. The molecule has 1 aliphatic heterocycles. The number of likely N-dealkylation sites (N-methyl/N-ethyl adjacent to an activating group) is 1. The van der Waals surface area contributed by atoms with Crippen molar-refractivity contribution in [3.63, 3.8) is 0 Å². The average molecular weight is 278 g/mol. The Balaban J connectivity index is 2.51. The van der Waals surface area contributed by atoms with Crippen molar-refractivity contribution in [3.05, 3.63) is 0 Å². The van der Waals surface area contributed by atoms with Crippen molar-refractivity contribution in [1.82, 2.24) is 10.2 Å². The molecule has 0 radical (unpaired) electrons. The second kappa shape index (κ2) is 5.54. The number of nitrogens with one attached hydrogen (secondary N) is 1. The van der Waals surface area contributed by atoms with Crippen molar-refractivity contribution in [1.29, 1.82) is 0 Å². The number of sulfone groups is 1. The standard InChI is InChI=1S/C11H22N2O4S/c1-9(7-14)13(3)6-10(15)12-11(2)4-5-18(16,17)8-11/h9,14H,4-8H2,1-3H3,(H,12,15). The average Bonchev–Trinajstić information content (AvgIpc) is 2.50. The zero-order chi connectivity index (χ0) is 14.0. The minimum absolute atomic E-state index is 0.00497. The molecule has 1 amide bonds. The van der Waals surface area contributed by atoms with Crippen LogP contribution in [0.3, 0.4) is 0 Å². The van der Waals surface area contributed by atoms with E-state index in [9.17, 15) is 13.2 Å². The lowest BCUT2D eigenvalue weighted by Crippen LogP contribution is -2.51. The molecule has 1 heterocycles. The van der Waals surface area contributed by atoms with Gasteiger partial charge in [-0.3, -0.25) is 9.69 Å². The van der Waals surface area contributed by atoms with Crippen molar-refractivity contribution in [3.8, 4) is 0 Å². The molecule has 106 valence electrons. The second-order valence-electron chi connectivity index (χ2n) is 5.40. The topological polar surface area (TPSA) is 86.7 Å². The summed E-state index contributed by atoms with van der Waals surface area (Å²) in [5, 5.41) is 11.7. The maximum Gasteiger partial charge on any atom is 0.234 e. The predicted molar refractivity (Wildman–Crippen MR) is 69.0 cm³/mol. The van der Waals surface area contributed by atoms with Gasteiger partial charge in [0.05, 0.1) is 30.2 Å². The Bertz CT molecular complexity index is 409. The Morgan fingerprint density at radius 2 is 2.17 bits per heavy atom. The molecule has 1 rings (SSSR count). The van der Waals surface area contributed by atoms with Crippen LogP contribution in [0.15, 0.2) is 0 Å². The Labute approximate surface area is 108 Å². The molecule has 1 aliphatic rings. The molecular weight excluding hydrogens is 256 g/mol. The fraction of sp³-hybridized carbons (Fsp3) is 0.909. The third kappa shape index (κ3) is 4.22. The first-order chi connectivity index (χ1) is 8.17. The quantitative estimate of drug-likeness (QED) is 0.673. The molecule has 18 heavy (non-hydrogen) atoms. The largest absolute Gasteiger partial charge is 0.395 e. The summed E-state index contributed by atoms with van der Waals surface area (Å²) in [5.74, 6) is -0.0742. The zero-order valence-corrected chi connectivity index (χ0v) is 12.0. The fourth-order valence-electron chi connectivity index (χ4n) is 2.01. The first kappa shape index (κ1) is 15.4. The van der Waals surface area contributed by atoms with Crippen LogP contribution in [0, 0.1) is 0 Å². The summed E-state index contributed by atoms with van der Waals surface area (Å²) in [5.41, 5.74) is -0.654. The van der Waals surface area contributed by atoms with E-state index >= 15 is 0 Å². The molecule has 1 fully saturated rings. The van der Waals surface area contributed by atoms with Gasteiger partial charge in [0.15, 0.2) is 9.84 Å². The highest BCUT2D eigenvalue weighted by molar-refractivity contribution is 7.91. The lowest BCUT2D eigenvalue weighted by molar-refractivity contribution is -0.124. The fourth-order valence-corrected chi connectivity index (χ4v) is 4.10. The smallest absolute Gasteiger partial charge is 0.234 e. The molecule has 2 unspecified atom stereocenters. The normalized spacial score (nSPS) is 28.3. The van der Waals surface area contributed by atoms with Crippen LogP contribution in [0.25, 0.3) is 0 Å². The van der Waals surface area contributed by atoms with Gasteiger partial charge >= 0.3 is 0 Å². The van der Waals surface area contributed by atoms with Gasteiger partial charge < -0.3 is 10.4 Å². The van der Waals surface area contributed by atoms with E-state index in [0.29, 0.717) is 6.42 Å². The van der Waals surface area contributed by atoms with E-state index in [1.807, 2.05) is 6.92 Å². The predicted octanol–water partition coefficient (Wildman–Crippen LogP) is -1.01. The highest BCUT2D eigenvalue weighted by atomic mass is 32.2. The minimum atomic E-state index is -3.02. The number of hydrogen-bond acceptors (Lipinski definition) is 5. The van der Waals surface area contributed by atoms with E-state index in [1.165, 1.54) is 0 Å². The zero-order valence-electron chi connectivity index (χ0n) is 11.1. The van der Waals surface area contributed by atoms with Crippen LogP contribution in [0.5, 0.6) is 0 Å². The van der Waals surface area contributed by atoms with Crippen LogP contribution >= 0.6 is 0 Å². The maximum absolute atomic E-state index is 11.8. The minimum Gasteiger partial charge on any atom is -0.395 e. The molecule has 2 atom stereocenters. The van der Waals surface area contributed by atoms with Gasteiger partial charge in [0.2, 0.25) is 5.91 Å². The van der Waals surface area contributed by atoms with Gasteiger partial charge in [-0.1, -0.05) is 0 Å². The monoisotopic (exact) mass is 278 g/mol. The van der Waals surface area contributed by atoms with Gasteiger partial charge in [0.1, 0.15) is 0 Å². The van der Waals surface area contributed by atoms with E-state index in [-0.39, 0.29) is 36.6 Å². The summed E-state index contributed by atoms with van der Waals surface area (Å²) in [6.45, 7) is 3.70. The number of rotatable bonds is 5. The molecule has 0 aromatic carbocycles. The van der Waals surface area contributed by atoms with Gasteiger partial charge in [-0.25, -0.2) is 8.42 Å². The highest BCUT2D eigenvalue weighted by Crippen LogP contribution is 2.22. The summed E-state index contributed by atoms with van der Waals surface area (Å²) < 4.78 is 22.8. The molecule has 7 heteroatoms. The second-order valence-corrected chi connectivity index (χ2v) is 7.58. The molecule has 0 aromatic rings. The van der Waals surface area contributed by atoms with Crippen LogP contribution in [-0.2, 0) is 14.6 Å². The van der Waals surface area contributed by atoms with Crippen molar-refractivity contribution < 1.29 is 18.3 Å². The molecule has 6 nitrogen and oxygen atoms in total. The van der Waals surface area contributed by atoms with Crippen molar-refractivity contribution in [2.24, 2.45) is 0 Å². The van der Waals surface area contributed by atoms with Crippen LogP contribution in [0.2, 0.25) is 0 Å². The summed E-state index contributed by atoms with van der Waals surface area (Å²) in [7, 11) is -1.27. The van der Waals surface area contributed by atoms with E-state index < -0.39 is 15.4 Å². The number of carbonyl (C=O) groups is 1. The Morgan fingerprint density at radius 3 is 2.61 bits per heavy atom. The number of aliphatic hydroxyl groups is 1. The first-order valence-electron chi connectivity index (χ1n) is 6.00. The van der Waals surface area contributed by atoms with E-state index in [1.54, 1.807) is 18.9 Å². The third-order valence-electron chi connectivity index (χ3n) is 3.35. The number of hydrogen-bond donors (Lipinski definition) is 2. The van der Waals surface area contributed by atoms with E-state index in [0.717, 1.165) is 0 Å². The SMILES string of the molecule is CC(CO)N(C)CC(=O)NC1(C)CCS(=O)(=O)C1. The summed E-state index contributed by atoms with van der Waals surface area (Å²) in [6, 6.07) is -0.101. The van der Waals surface area contributed by atoms with Gasteiger partial charge in [-0.15, -0.1) is 0 Å².